The second-order valence-electron chi connectivity index (χ2n) is 4.06. The smallest absolute Gasteiger partial charge is 0.206 e. The summed E-state index contributed by atoms with van der Waals surface area (Å²) in [6.07, 6.45) is 1.04. The van der Waals surface area contributed by atoms with E-state index in [1.54, 1.807) is 18.2 Å². The Hall–Kier alpha value is -1.66. The number of sulfone groups is 2. The van der Waals surface area contributed by atoms with Gasteiger partial charge in [-0.2, -0.15) is 0 Å². The molecule has 0 aliphatic carbocycles. The quantitative estimate of drug-likeness (QED) is 0.868. The van der Waals surface area contributed by atoms with Gasteiger partial charge in [0.25, 0.3) is 0 Å². The first-order valence-electron chi connectivity index (χ1n) is 5.42. The van der Waals surface area contributed by atoms with Gasteiger partial charge in [0, 0.05) is 6.26 Å². The van der Waals surface area contributed by atoms with Crippen molar-refractivity contribution in [1.82, 2.24) is 0 Å². The van der Waals surface area contributed by atoms with Gasteiger partial charge in [-0.25, -0.2) is 16.8 Å². The fraction of sp³-hybridized carbons (Fsp3) is 0.0769. The van der Waals surface area contributed by atoms with Crippen LogP contribution in [0.2, 0.25) is 0 Å². The van der Waals surface area contributed by atoms with Crippen LogP contribution in [-0.4, -0.2) is 23.1 Å². The topological polar surface area (TPSA) is 68.3 Å². The van der Waals surface area contributed by atoms with Crippen LogP contribution in [0.3, 0.4) is 0 Å². The van der Waals surface area contributed by atoms with E-state index in [2.05, 4.69) is 0 Å². The van der Waals surface area contributed by atoms with Gasteiger partial charge in [0.2, 0.25) is 9.84 Å². The van der Waals surface area contributed by atoms with Gasteiger partial charge in [0.05, 0.1) is 14.7 Å². The Morgan fingerprint density at radius 3 is 1.79 bits per heavy atom. The molecule has 2 aromatic rings. The molecular formula is C13H12O4S2. The molecule has 6 heteroatoms. The fourth-order valence-corrected chi connectivity index (χ4v) is 3.68. The zero-order valence-corrected chi connectivity index (χ0v) is 11.8. The van der Waals surface area contributed by atoms with Crippen LogP contribution >= 0.6 is 0 Å². The van der Waals surface area contributed by atoms with E-state index in [0.717, 1.165) is 6.26 Å². The summed E-state index contributed by atoms with van der Waals surface area (Å²) in [5.74, 6) is 0. The summed E-state index contributed by atoms with van der Waals surface area (Å²) in [7, 11) is -7.12. The average molecular weight is 296 g/mol. The van der Waals surface area contributed by atoms with Gasteiger partial charge in [0.1, 0.15) is 0 Å². The molecule has 0 fully saturated rings. The molecule has 2 rings (SSSR count). The highest BCUT2D eigenvalue weighted by Gasteiger charge is 2.19. The number of hydrogen-bond donors (Lipinski definition) is 0. The minimum Gasteiger partial charge on any atom is -0.224 e. The third-order valence-corrected chi connectivity index (χ3v) is 5.48. The van der Waals surface area contributed by atoms with Gasteiger partial charge in [-0.1, -0.05) is 24.3 Å². The van der Waals surface area contributed by atoms with E-state index in [9.17, 15) is 16.8 Å². The molecule has 0 amide bonds. The van der Waals surface area contributed by atoms with Crippen LogP contribution in [0.5, 0.6) is 0 Å². The Balaban J connectivity index is 2.61. The summed E-state index contributed by atoms with van der Waals surface area (Å²) in [6, 6.07) is 13.3. The van der Waals surface area contributed by atoms with Crippen LogP contribution in [0.25, 0.3) is 0 Å². The number of hydrogen-bond acceptors (Lipinski definition) is 4. The average Bonchev–Trinajstić information content (AvgIpc) is 2.39. The minimum absolute atomic E-state index is 0.00972. The van der Waals surface area contributed by atoms with Crippen molar-refractivity contribution in [2.75, 3.05) is 6.26 Å². The molecule has 4 nitrogen and oxygen atoms in total. The summed E-state index contributed by atoms with van der Waals surface area (Å²) in [5.41, 5.74) is 0. The standard InChI is InChI=1S/C13H12O4S2/c1-18(14,15)12-8-5-9-13(10-12)19(16,17)11-6-3-2-4-7-11/h2-10H,1H3. The first kappa shape index (κ1) is 13.8. The molecule has 0 radical (unpaired) electrons. The zero-order valence-electron chi connectivity index (χ0n) is 10.1. The van der Waals surface area contributed by atoms with E-state index in [1.807, 2.05) is 0 Å². The molecular weight excluding hydrogens is 284 g/mol. The molecule has 0 aromatic heterocycles. The van der Waals surface area contributed by atoms with Gasteiger partial charge in [-0.05, 0) is 30.3 Å². The molecule has 0 atom stereocenters. The monoisotopic (exact) mass is 296 g/mol. The first-order chi connectivity index (χ1) is 8.82. The normalized spacial score (nSPS) is 12.3. The lowest BCUT2D eigenvalue weighted by Crippen LogP contribution is -2.04. The van der Waals surface area contributed by atoms with Crippen molar-refractivity contribution in [3.63, 3.8) is 0 Å². The third-order valence-electron chi connectivity index (χ3n) is 2.60. The Morgan fingerprint density at radius 2 is 1.21 bits per heavy atom. The van der Waals surface area contributed by atoms with Crippen molar-refractivity contribution in [3.8, 4) is 0 Å². The molecule has 0 saturated carbocycles. The summed E-state index contributed by atoms with van der Waals surface area (Å²) in [6.45, 7) is 0. The number of benzene rings is 2. The predicted molar refractivity (Wildman–Crippen MR) is 71.4 cm³/mol. The predicted octanol–water partition coefficient (Wildman–Crippen LogP) is 1.92. The summed E-state index contributed by atoms with van der Waals surface area (Å²) in [4.78, 5) is 0.104. The molecule has 2 aromatic carbocycles. The van der Waals surface area contributed by atoms with Crippen molar-refractivity contribution in [3.05, 3.63) is 54.6 Å². The second-order valence-corrected chi connectivity index (χ2v) is 8.03. The molecule has 0 spiro atoms. The molecule has 0 saturated heterocycles. The highest BCUT2D eigenvalue weighted by Crippen LogP contribution is 2.22. The van der Waals surface area contributed by atoms with E-state index in [0.29, 0.717) is 0 Å². The Labute approximate surface area is 112 Å². The lowest BCUT2D eigenvalue weighted by atomic mass is 10.4. The fourth-order valence-electron chi connectivity index (χ4n) is 1.61. The maximum atomic E-state index is 12.3. The largest absolute Gasteiger partial charge is 0.224 e. The van der Waals surface area contributed by atoms with E-state index in [1.165, 1.54) is 36.4 Å². The van der Waals surface area contributed by atoms with Gasteiger partial charge in [0.15, 0.2) is 9.84 Å². The first-order valence-corrected chi connectivity index (χ1v) is 8.79. The second kappa shape index (κ2) is 4.79. The SMILES string of the molecule is CS(=O)(=O)c1cccc(S(=O)(=O)c2ccccc2)c1. The van der Waals surface area contributed by atoms with Crippen molar-refractivity contribution < 1.29 is 16.8 Å². The van der Waals surface area contributed by atoms with Crippen LogP contribution in [0.4, 0.5) is 0 Å². The molecule has 19 heavy (non-hydrogen) atoms. The highest BCUT2D eigenvalue weighted by atomic mass is 32.2. The van der Waals surface area contributed by atoms with Gasteiger partial charge >= 0.3 is 0 Å². The van der Waals surface area contributed by atoms with Gasteiger partial charge in [-0.3, -0.25) is 0 Å². The summed E-state index contributed by atoms with van der Waals surface area (Å²) in [5, 5.41) is 0. The molecule has 0 aliphatic heterocycles. The lowest BCUT2D eigenvalue weighted by Gasteiger charge is -2.06. The molecule has 0 unspecified atom stereocenters. The molecule has 0 heterocycles. The highest BCUT2D eigenvalue weighted by molar-refractivity contribution is 7.92. The number of rotatable bonds is 3. The van der Waals surface area contributed by atoms with E-state index < -0.39 is 19.7 Å². The van der Waals surface area contributed by atoms with Crippen molar-refractivity contribution in [2.45, 2.75) is 14.7 Å². The molecule has 0 N–H and O–H groups in total. The van der Waals surface area contributed by atoms with E-state index >= 15 is 0 Å². The Kier molecular flexibility index (Phi) is 3.47. The van der Waals surface area contributed by atoms with Gasteiger partial charge in [-0.15, -0.1) is 0 Å². The third kappa shape index (κ3) is 2.85. The molecule has 100 valence electrons. The van der Waals surface area contributed by atoms with Crippen LogP contribution in [-0.2, 0) is 19.7 Å². The van der Waals surface area contributed by atoms with Crippen LogP contribution in [0.15, 0.2) is 69.3 Å². The summed E-state index contributed by atoms with van der Waals surface area (Å²) >= 11 is 0. The van der Waals surface area contributed by atoms with Crippen molar-refractivity contribution in [2.24, 2.45) is 0 Å². The maximum Gasteiger partial charge on any atom is 0.206 e. The van der Waals surface area contributed by atoms with Crippen LogP contribution < -0.4 is 0 Å². The molecule has 0 bridgehead atoms. The zero-order chi connectivity index (χ0) is 14.1. The van der Waals surface area contributed by atoms with Crippen molar-refractivity contribution in [1.29, 1.82) is 0 Å². The van der Waals surface area contributed by atoms with Crippen LogP contribution in [0.1, 0.15) is 0 Å². The van der Waals surface area contributed by atoms with Crippen molar-refractivity contribution >= 4 is 19.7 Å². The Morgan fingerprint density at radius 1 is 0.684 bits per heavy atom. The van der Waals surface area contributed by atoms with E-state index in [4.69, 9.17) is 0 Å². The van der Waals surface area contributed by atoms with Gasteiger partial charge < -0.3 is 0 Å². The maximum absolute atomic E-state index is 12.3. The lowest BCUT2D eigenvalue weighted by molar-refractivity contribution is 0.595. The Bertz CT molecular complexity index is 792. The van der Waals surface area contributed by atoms with Crippen LogP contribution in [0, 0.1) is 0 Å². The minimum atomic E-state index is -3.69. The molecule has 0 aliphatic rings. The van der Waals surface area contributed by atoms with E-state index in [-0.39, 0.29) is 14.7 Å². The summed E-state index contributed by atoms with van der Waals surface area (Å²) < 4.78 is 47.5.